The van der Waals surface area contributed by atoms with Crippen molar-refractivity contribution in [2.75, 3.05) is 18.4 Å². The average molecular weight is 387 g/mol. The van der Waals surface area contributed by atoms with Gasteiger partial charge in [-0.1, -0.05) is 48.5 Å². The highest BCUT2D eigenvalue weighted by molar-refractivity contribution is 5.93. The molecule has 1 aliphatic heterocycles. The Kier molecular flexibility index (Phi) is 5.56. The third-order valence-corrected chi connectivity index (χ3v) is 5.51. The maximum atomic E-state index is 13.0. The van der Waals surface area contributed by atoms with Crippen LogP contribution in [0.2, 0.25) is 0 Å². The molecule has 3 aromatic rings. The fourth-order valence-corrected chi connectivity index (χ4v) is 3.98. The molecule has 1 unspecified atom stereocenters. The Hall–Kier alpha value is -3.21. The fraction of sp³-hybridized carbons (Fsp3) is 0.292. The summed E-state index contributed by atoms with van der Waals surface area (Å²) in [6, 6.07) is 19.7. The molecule has 2 aromatic carbocycles. The van der Waals surface area contributed by atoms with E-state index in [0.29, 0.717) is 25.3 Å². The lowest BCUT2D eigenvalue weighted by Crippen LogP contribution is -2.44. The lowest BCUT2D eigenvalue weighted by Gasteiger charge is -2.32. The fourth-order valence-electron chi connectivity index (χ4n) is 3.98. The van der Waals surface area contributed by atoms with E-state index in [1.165, 1.54) is 0 Å². The number of aromatic nitrogens is 1. The molecule has 0 bridgehead atoms. The van der Waals surface area contributed by atoms with E-state index in [2.05, 4.69) is 28.5 Å². The highest BCUT2D eigenvalue weighted by Gasteiger charge is 2.28. The summed E-state index contributed by atoms with van der Waals surface area (Å²) in [5.41, 5.74) is 1.89. The van der Waals surface area contributed by atoms with Crippen molar-refractivity contribution in [2.45, 2.75) is 26.2 Å². The Morgan fingerprint density at radius 3 is 2.72 bits per heavy atom. The van der Waals surface area contributed by atoms with Crippen molar-refractivity contribution in [3.8, 4) is 0 Å². The van der Waals surface area contributed by atoms with Crippen LogP contribution in [0.15, 0.2) is 60.7 Å². The molecule has 5 nitrogen and oxygen atoms in total. The topological polar surface area (TPSA) is 62.3 Å². The molecule has 0 spiro atoms. The number of pyridine rings is 1. The molecule has 2 amide bonds. The average Bonchev–Trinajstić information content (AvgIpc) is 2.74. The number of likely N-dealkylation sites (tertiary alicyclic amines) is 1. The number of hydrogen-bond donors (Lipinski definition) is 1. The highest BCUT2D eigenvalue weighted by atomic mass is 16.2. The van der Waals surface area contributed by atoms with Gasteiger partial charge in [-0.05, 0) is 48.2 Å². The van der Waals surface area contributed by atoms with Gasteiger partial charge in [-0.25, -0.2) is 4.98 Å². The first-order valence-electron chi connectivity index (χ1n) is 10.1. The summed E-state index contributed by atoms with van der Waals surface area (Å²) in [5, 5.41) is 5.15. The lowest BCUT2D eigenvalue weighted by atomic mass is 9.96. The zero-order chi connectivity index (χ0) is 20.2. The molecule has 1 fully saturated rings. The first kappa shape index (κ1) is 19.1. The van der Waals surface area contributed by atoms with Gasteiger partial charge >= 0.3 is 0 Å². The van der Waals surface area contributed by atoms with Crippen LogP contribution in [0.3, 0.4) is 0 Å². The van der Waals surface area contributed by atoms with Crippen molar-refractivity contribution in [3.05, 3.63) is 71.9 Å². The number of anilines is 1. The van der Waals surface area contributed by atoms with Gasteiger partial charge in [0, 0.05) is 18.8 Å². The van der Waals surface area contributed by atoms with Crippen molar-refractivity contribution >= 4 is 28.4 Å². The normalized spacial score (nSPS) is 16.6. The number of nitrogens with one attached hydrogen (secondary N) is 1. The molecule has 5 heteroatoms. The van der Waals surface area contributed by atoms with Gasteiger partial charge in [-0.2, -0.15) is 0 Å². The predicted octanol–water partition coefficient (Wildman–Crippen LogP) is 3.96. The molecular weight excluding hydrogens is 362 g/mol. The molecule has 0 saturated carbocycles. The minimum absolute atomic E-state index is 0.0641. The number of fused-ring (bicyclic) bond motifs is 1. The number of carbonyl (C=O) groups excluding carboxylic acids is 2. The molecule has 1 atom stereocenters. The van der Waals surface area contributed by atoms with Crippen LogP contribution in [0.4, 0.5) is 5.82 Å². The van der Waals surface area contributed by atoms with Crippen molar-refractivity contribution in [3.63, 3.8) is 0 Å². The SMILES string of the molecule is Cc1cccc(NC(=O)C2CCCN(C(=O)Cc3cccc4ccccc34)C2)n1. The largest absolute Gasteiger partial charge is 0.342 e. The second-order valence-electron chi connectivity index (χ2n) is 7.65. The summed E-state index contributed by atoms with van der Waals surface area (Å²) in [5.74, 6) is 0.370. The molecule has 29 heavy (non-hydrogen) atoms. The molecule has 0 radical (unpaired) electrons. The van der Waals surface area contributed by atoms with E-state index in [4.69, 9.17) is 0 Å². The first-order chi connectivity index (χ1) is 14.1. The minimum Gasteiger partial charge on any atom is -0.342 e. The van der Waals surface area contributed by atoms with Gasteiger partial charge in [-0.15, -0.1) is 0 Å². The number of hydrogen-bond acceptors (Lipinski definition) is 3. The van der Waals surface area contributed by atoms with Gasteiger partial charge in [0.15, 0.2) is 0 Å². The van der Waals surface area contributed by atoms with Crippen LogP contribution in [0.5, 0.6) is 0 Å². The van der Waals surface area contributed by atoms with E-state index < -0.39 is 0 Å². The number of amides is 2. The van der Waals surface area contributed by atoms with Gasteiger partial charge in [-0.3, -0.25) is 9.59 Å². The summed E-state index contributed by atoms with van der Waals surface area (Å²) >= 11 is 0. The maximum Gasteiger partial charge on any atom is 0.230 e. The van der Waals surface area contributed by atoms with E-state index in [0.717, 1.165) is 34.9 Å². The number of piperidine rings is 1. The standard InChI is InChI=1S/C24H25N3O2/c1-17-7-4-13-22(25-17)26-24(29)20-11-6-14-27(16-20)23(28)15-19-10-5-9-18-8-2-3-12-21(18)19/h2-5,7-10,12-13,20H,6,11,14-16H2,1H3,(H,25,26,29). The Balaban J connectivity index is 1.42. The molecule has 1 N–H and O–H groups in total. The molecule has 148 valence electrons. The first-order valence-corrected chi connectivity index (χ1v) is 10.1. The molecule has 2 heterocycles. The number of aryl methyl sites for hydroxylation is 1. The van der Waals surface area contributed by atoms with E-state index in [-0.39, 0.29) is 17.7 Å². The Bertz CT molecular complexity index is 1040. The minimum atomic E-state index is -0.206. The van der Waals surface area contributed by atoms with Gasteiger partial charge in [0.1, 0.15) is 5.82 Å². The Labute approximate surface area is 170 Å². The van der Waals surface area contributed by atoms with Crippen LogP contribution in [-0.4, -0.2) is 34.8 Å². The van der Waals surface area contributed by atoms with Gasteiger partial charge in [0.25, 0.3) is 0 Å². The van der Waals surface area contributed by atoms with Crippen molar-refractivity contribution in [1.29, 1.82) is 0 Å². The van der Waals surface area contributed by atoms with Crippen molar-refractivity contribution < 1.29 is 9.59 Å². The second kappa shape index (κ2) is 8.43. The number of nitrogens with zero attached hydrogens (tertiary/aromatic N) is 2. The summed E-state index contributed by atoms with van der Waals surface area (Å²) in [6.07, 6.45) is 1.98. The quantitative estimate of drug-likeness (QED) is 0.737. The number of carbonyl (C=O) groups is 2. The predicted molar refractivity (Wildman–Crippen MR) is 115 cm³/mol. The van der Waals surface area contributed by atoms with Crippen LogP contribution in [-0.2, 0) is 16.0 Å². The maximum absolute atomic E-state index is 13.0. The smallest absolute Gasteiger partial charge is 0.230 e. The van der Waals surface area contributed by atoms with E-state index >= 15 is 0 Å². The van der Waals surface area contributed by atoms with Gasteiger partial charge in [0.2, 0.25) is 11.8 Å². The van der Waals surface area contributed by atoms with Crippen LogP contribution in [0.1, 0.15) is 24.1 Å². The molecule has 4 rings (SSSR count). The summed E-state index contributed by atoms with van der Waals surface area (Å²) in [4.78, 5) is 31.8. The third kappa shape index (κ3) is 4.45. The highest BCUT2D eigenvalue weighted by Crippen LogP contribution is 2.22. The van der Waals surface area contributed by atoms with Gasteiger partial charge < -0.3 is 10.2 Å². The molecule has 1 aliphatic rings. The van der Waals surface area contributed by atoms with Crippen molar-refractivity contribution in [1.82, 2.24) is 9.88 Å². The molecule has 1 aromatic heterocycles. The van der Waals surface area contributed by atoms with Crippen molar-refractivity contribution in [2.24, 2.45) is 5.92 Å². The number of rotatable bonds is 4. The Morgan fingerprint density at radius 1 is 1.07 bits per heavy atom. The van der Waals surface area contributed by atoms with E-state index in [9.17, 15) is 9.59 Å². The van der Waals surface area contributed by atoms with Crippen LogP contribution in [0.25, 0.3) is 10.8 Å². The van der Waals surface area contributed by atoms with Crippen LogP contribution in [0, 0.1) is 12.8 Å². The summed E-state index contributed by atoms with van der Waals surface area (Å²) in [6.45, 7) is 3.06. The monoisotopic (exact) mass is 387 g/mol. The Morgan fingerprint density at radius 2 is 1.86 bits per heavy atom. The molecule has 1 saturated heterocycles. The van der Waals surface area contributed by atoms with E-state index in [1.54, 1.807) is 6.07 Å². The molecule has 0 aliphatic carbocycles. The molecular formula is C24H25N3O2. The lowest BCUT2D eigenvalue weighted by molar-refractivity contribution is -0.133. The van der Waals surface area contributed by atoms with E-state index in [1.807, 2.05) is 48.2 Å². The summed E-state index contributed by atoms with van der Waals surface area (Å²) < 4.78 is 0. The second-order valence-corrected chi connectivity index (χ2v) is 7.65. The van der Waals surface area contributed by atoms with Crippen LogP contribution < -0.4 is 5.32 Å². The summed E-state index contributed by atoms with van der Waals surface area (Å²) in [7, 11) is 0. The zero-order valence-corrected chi connectivity index (χ0v) is 16.6. The van der Waals surface area contributed by atoms with Crippen LogP contribution >= 0.6 is 0 Å². The van der Waals surface area contributed by atoms with Gasteiger partial charge in [0.05, 0.1) is 12.3 Å². The zero-order valence-electron chi connectivity index (χ0n) is 16.6. The number of benzene rings is 2. The third-order valence-electron chi connectivity index (χ3n) is 5.51.